The van der Waals surface area contributed by atoms with Crippen LogP contribution in [0.3, 0.4) is 0 Å². The van der Waals surface area contributed by atoms with Crippen LogP contribution < -0.4 is 11.1 Å². The predicted octanol–water partition coefficient (Wildman–Crippen LogP) is 2.53. The number of rotatable bonds is 5. The normalized spacial score (nSPS) is 21.6. The van der Waals surface area contributed by atoms with E-state index >= 15 is 0 Å². The number of nitrogens with two attached hydrogens (primary N) is 1. The van der Waals surface area contributed by atoms with Crippen molar-refractivity contribution in [1.82, 2.24) is 4.90 Å². The first-order valence-corrected chi connectivity index (χ1v) is 10.7. The summed E-state index contributed by atoms with van der Waals surface area (Å²) in [5, 5.41) is 13.0. The number of para-hydroxylation sites is 2. The Morgan fingerprint density at radius 2 is 1.59 bits per heavy atom. The summed E-state index contributed by atoms with van der Waals surface area (Å²) < 4.78 is 0. The SMILES string of the molecule is NC(=O)c1ccccc1NC(=O)C1C(=O)N(C2CCCCC2)C(=O)C1c1ccccc1O. The van der Waals surface area contributed by atoms with E-state index in [2.05, 4.69) is 5.32 Å². The van der Waals surface area contributed by atoms with Gasteiger partial charge in [0.2, 0.25) is 17.7 Å². The van der Waals surface area contributed by atoms with Crippen LogP contribution in [0.25, 0.3) is 0 Å². The van der Waals surface area contributed by atoms with Crippen molar-refractivity contribution in [2.45, 2.75) is 44.1 Å². The molecule has 4 rings (SSSR count). The Morgan fingerprint density at radius 3 is 2.28 bits per heavy atom. The van der Waals surface area contributed by atoms with Crippen LogP contribution in [0.5, 0.6) is 5.75 Å². The smallest absolute Gasteiger partial charge is 0.250 e. The number of imide groups is 1. The lowest BCUT2D eigenvalue weighted by Crippen LogP contribution is -2.42. The fraction of sp³-hybridized carbons (Fsp3) is 0.333. The van der Waals surface area contributed by atoms with E-state index in [1.807, 2.05) is 0 Å². The van der Waals surface area contributed by atoms with Gasteiger partial charge in [0.15, 0.2) is 0 Å². The van der Waals surface area contributed by atoms with Gasteiger partial charge in [-0.15, -0.1) is 0 Å². The number of likely N-dealkylation sites (tertiary alicyclic amines) is 1. The highest BCUT2D eigenvalue weighted by atomic mass is 16.3. The minimum absolute atomic E-state index is 0.0980. The number of nitrogens with zero attached hydrogens (tertiary/aromatic N) is 1. The second kappa shape index (κ2) is 8.82. The third-order valence-corrected chi connectivity index (χ3v) is 6.28. The molecule has 1 aliphatic carbocycles. The number of hydrogen-bond acceptors (Lipinski definition) is 5. The van der Waals surface area contributed by atoms with Crippen molar-refractivity contribution in [2.24, 2.45) is 11.7 Å². The lowest BCUT2D eigenvalue weighted by atomic mass is 9.86. The van der Waals surface area contributed by atoms with Gasteiger partial charge in [-0.1, -0.05) is 49.6 Å². The minimum Gasteiger partial charge on any atom is -0.508 e. The van der Waals surface area contributed by atoms with Crippen LogP contribution in [-0.2, 0) is 14.4 Å². The molecule has 0 spiro atoms. The summed E-state index contributed by atoms with van der Waals surface area (Å²) in [6.45, 7) is 0. The van der Waals surface area contributed by atoms with Crippen molar-refractivity contribution in [3.8, 4) is 5.75 Å². The van der Waals surface area contributed by atoms with E-state index in [1.54, 1.807) is 30.3 Å². The van der Waals surface area contributed by atoms with Crippen LogP contribution >= 0.6 is 0 Å². The van der Waals surface area contributed by atoms with Gasteiger partial charge >= 0.3 is 0 Å². The van der Waals surface area contributed by atoms with Crippen molar-refractivity contribution in [1.29, 1.82) is 0 Å². The highest BCUT2D eigenvalue weighted by Gasteiger charge is 2.54. The topological polar surface area (TPSA) is 130 Å². The maximum Gasteiger partial charge on any atom is 0.250 e. The Hall–Kier alpha value is -3.68. The van der Waals surface area contributed by atoms with Crippen molar-refractivity contribution in [2.75, 3.05) is 5.32 Å². The number of phenolic OH excluding ortho intramolecular Hbond substituents is 1. The molecule has 8 heteroatoms. The van der Waals surface area contributed by atoms with Gasteiger partial charge in [-0.2, -0.15) is 0 Å². The molecule has 1 saturated carbocycles. The first kappa shape index (κ1) is 21.5. The molecule has 2 aromatic carbocycles. The molecule has 0 aromatic heterocycles. The molecule has 2 atom stereocenters. The third-order valence-electron chi connectivity index (χ3n) is 6.28. The van der Waals surface area contributed by atoms with E-state index in [0.717, 1.165) is 19.3 Å². The zero-order chi connectivity index (χ0) is 22.8. The van der Waals surface area contributed by atoms with Gasteiger partial charge < -0.3 is 16.2 Å². The maximum atomic E-state index is 13.5. The Bertz CT molecular complexity index is 1080. The molecular weight excluding hydrogens is 410 g/mol. The first-order chi connectivity index (χ1) is 15.4. The van der Waals surface area contributed by atoms with E-state index in [1.165, 1.54) is 23.1 Å². The van der Waals surface area contributed by atoms with Crippen molar-refractivity contribution >= 4 is 29.3 Å². The lowest BCUT2D eigenvalue weighted by molar-refractivity contribution is -0.143. The average Bonchev–Trinajstić information content (AvgIpc) is 3.05. The quantitative estimate of drug-likeness (QED) is 0.491. The molecular formula is C24H25N3O5. The first-order valence-electron chi connectivity index (χ1n) is 10.7. The highest BCUT2D eigenvalue weighted by molar-refractivity contribution is 6.20. The fourth-order valence-corrected chi connectivity index (χ4v) is 4.74. The third kappa shape index (κ3) is 3.84. The Balaban J connectivity index is 1.72. The summed E-state index contributed by atoms with van der Waals surface area (Å²) in [5.41, 5.74) is 5.89. The number of carbonyl (C=O) groups excluding carboxylic acids is 4. The summed E-state index contributed by atoms with van der Waals surface area (Å²) in [5.74, 6) is -5.17. The molecule has 4 N–H and O–H groups in total. The molecule has 2 aliphatic rings. The average molecular weight is 435 g/mol. The van der Waals surface area contributed by atoms with Gasteiger partial charge in [0, 0.05) is 11.6 Å². The van der Waals surface area contributed by atoms with E-state index in [9.17, 15) is 24.3 Å². The molecule has 1 heterocycles. The van der Waals surface area contributed by atoms with E-state index in [0.29, 0.717) is 12.8 Å². The second-order valence-corrected chi connectivity index (χ2v) is 8.25. The van der Waals surface area contributed by atoms with Crippen LogP contribution in [0, 0.1) is 5.92 Å². The van der Waals surface area contributed by atoms with Gasteiger partial charge in [0.1, 0.15) is 11.7 Å². The van der Waals surface area contributed by atoms with E-state index in [-0.39, 0.29) is 28.6 Å². The number of aromatic hydroxyl groups is 1. The van der Waals surface area contributed by atoms with Gasteiger partial charge in [0.25, 0.3) is 5.91 Å². The molecule has 32 heavy (non-hydrogen) atoms. The standard InChI is InChI=1S/C24H25N3O5/c25-21(29)15-10-4-6-12-17(15)26-22(30)20-19(16-11-5-7-13-18(16)28)23(31)27(24(20)32)14-8-2-1-3-9-14/h4-7,10-14,19-20,28H,1-3,8-9H2,(H2,25,29)(H,26,30). The highest BCUT2D eigenvalue weighted by Crippen LogP contribution is 2.42. The van der Waals surface area contributed by atoms with E-state index in [4.69, 9.17) is 5.73 Å². The number of anilines is 1. The maximum absolute atomic E-state index is 13.5. The summed E-state index contributed by atoms with van der Waals surface area (Å²) in [4.78, 5) is 53.2. The number of nitrogens with one attached hydrogen (secondary N) is 1. The zero-order valence-corrected chi connectivity index (χ0v) is 17.5. The van der Waals surface area contributed by atoms with Crippen LogP contribution in [-0.4, -0.2) is 39.7 Å². The predicted molar refractivity (Wildman–Crippen MR) is 117 cm³/mol. The molecule has 1 aliphatic heterocycles. The number of benzene rings is 2. The molecule has 8 nitrogen and oxygen atoms in total. The van der Waals surface area contributed by atoms with Gasteiger partial charge in [-0.05, 0) is 31.0 Å². The molecule has 0 bridgehead atoms. The molecule has 2 unspecified atom stereocenters. The van der Waals surface area contributed by atoms with Crippen LogP contribution in [0.15, 0.2) is 48.5 Å². The van der Waals surface area contributed by atoms with Crippen molar-refractivity contribution in [3.05, 3.63) is 59.7 Å². The number of primary amides is 1. The number of amides is 4. The number of phenols is 1. The largest absolute Gasteiger partial charge is 0.508 e. The van der Waals surface area contributed by atoms with Gasteiger partial charge in [-0.25, -0.2) is 0 Å². The second-order valence-electron chi connectivity index (χ2n) is 8.25. The molecule has 4 amide bonds. The molecule has 2 aromatic rings. The Morgan fingerprint density at radius 1 is 0.938 bits per heavy atom. The summed E-state index contributed by atoms with van der Waals surface area (Å²) in [7, 11) is 0. The van der Waals surface area contributed by atoms with Gasteiger partial charge in [0.05, 0.1) is 17.2 Å². The molecule has 0 radical (unpaired) electrons. The molecule has 1 saturated heterocycles. The Labute approximate surface area is 185 Å². The van der Waals surface area contributed by atoms with Crippen LogP contribution in [0.4, 0.5) is 5.69 Å². The zero-order valence-electron chi connectivity index (χ0n) is 17.5. The van der Waals surface area contributed by atoms with Crippen molar-refractivity contribution < 1.29 is 24.3 Å². The monoisotopic (exact) mass is 435 g/mol. The van der Waals surface area contributed by atoms with Gasteiger partial charge in [-0.3, -0.25) is 24.1 Å². The summed E-state index contributed by atoms with van der Waals surface area (Å²) in [6.07, 6.45) is 4.26. The number of carbonyl (C=O) groups is 4. The molecule has 166 valence electrons. The van der Waals surface area contributed by atoms with E-state index < -0.39 is 35.5 Å². The summed E-state index contributed by atoms with van der Waals surface area (Å²) in [6, 6.07) is 12.2. The minimum atomic E-state index is -1.36. The lowest BCUT2D eigenvalue weighted by Gasteiger charge is -2.29. The van der Waals surface area contributed by atoms with Crippen LogP contribution in [0.2, 0.25) is 0 Å². The van der Waals surface area contributed by atoms with Crippen LogP contribution in [0.1, 0.15) is 53.9 Å². The number of hydrogen-bond donors (Lipinski definition) is 3. The van der Waals surface area contributed by atoms with Crippen molar-refractivity contribution in [3.63, 3.8) is 0 Å². The molecule has 2 fully saturated rings. The Kier molecular flexibility index (Phi) is 5.94. The summed E-state index contributed by atoms with van der Waals surface area (Å²) >= 11 is 0. The fourth-order valence-electron chi connectivity index (χ4n) is 4.74.